The lowest BCUT2D eigenvalue weighted by Crippen LogP contribution is -2.31. The number of para-hydroxylation sites is 2. The van der Waals surface area contributed by atoms with Gasteiger partial charge in [-0.2, -0.15) is 5.26 Å². The van der Waals surface area contributed by atoms with E-state index < -0.39 is 11.7 Å². The van der Waals surface area contributed by atoms with Gasteiger partial charge in [0.15, 0.2) is 0 Å². The number of carbonyl (C=O) groups is 2. The van der Waals surface area contributed by atoms with Gasteiger partial charge in [-0.3, -0.25) is 9.59 Å². The van der Waals surface area contributed by atoms with Crippen molar-refractivity contribution in [3.05, 3.63) is 112 Å². The minimum atomic E-state index is -0.661. The molecule has 1 aliphatic rings. The van der Waals surface area contributed by atoms with Crippen LogP contribution in [0, 0.1) is 17.1 Å². The molecule has 0 radical (unpaired) electrons. The van der Waals surface area contributed by atoms with Crippen molar-refractivity contribution in [3.63, 3.8) is 0 Å². The maximum Gasteiger partial charge on any atom is 0.254 e. The fraction of sp³-hybridized carbons (Fsp3) is 0.138. The number of hydrogen-bond acceptors (Lipinski definition) is 6. The third kappa shape index (κ3) is 6.05. The van der Waals surface area contributed by atoms with Gasteiger partial charge >= 0.3 is 0 Å². The first kappa shape index (κ1) is 26.5. The molecule has 9 heteroatoms. The van der Waals surface area contributed by atoms with Crippen LogP contribution in [0.2, 0.25) is 0 Å². The molecule has 1 heterocycles. The van der Waals surface area contributed by atoms with Gasteiger partial charge < -0.3 is 20.7 Å². The average molecular weight is 529 g/mol. The van der Waals surface area contributed by atoms with Crippen LogP contribution in [-0.2, 0) is 9.59 Å². The van der Waals surface area contributed by atoms with Gasteiger partial charge in [0.25, 0.3) is 5.91 Å². The molecule has 3 aromatic rings. The van der Waals surface area contributed by atoms with Gasteiger partial charge in [-0.05, 0) is 42.8 Å². The number of benzene rings is 3. The monoisotopic (exact) mass is 528 g/mol. The van der Waals surface area contributed by atoms with Gasteiger partial charge in [-0.1, -0.05) is 60.3 Å². The van der Waals surface area contributed by atoms with Crippen molar-refractivity contribution in [1.82, 2.24) is 5.32 Å². The Morgan fingerprint density at radius 2 is 1.79 bits per heavy atom. The molecule has 0 saturated heterocycles. The summed E-state index contributed by atoms with van der Waals surface area (Å²) in [4.78, 5) is 26.2. The maximum absolute atomic E-state index is 13.6. The summed E-state index contributed by atoms with van der Waals surface area (Å²) in [7, 11) is 1.52. The van der Waals surface area contributed by atoms with Gasteiger partial charge in [0.1, 0.15) is 11.6 Å². The average Bonchev–Trinajstić information content (AvgIpc) is 2.92. The smallest absolute Gasteiger partial charge is 0.254 e. The lowest BCUT2D eigenvalue weighted by Gasteiger charge is -2.30. The van der Waals surface area contributed by atoms with E-state index in [2.05, 4.69) is 22.0 Å². The second-order valence-corrected chi connectivity index (χ2v) is 9.35. The number of methoxy groups -OCH3 is 1. The van der Waals surface area contributed by atoms with Crippen molar-refractivity contribution in [3.8, 4) is 11.8 Å². The molecule has 0 unspecified atom stereocenters. The van der Waals surface area contributed by atoms with Crippen molar-refractivity contribution in [2.24, 2.45) is 0 Å². The van der Waals surface area contributed by atoms with E-state index >= 15 is 0 Å². The number of hydrogen-bond donors (Lipinski definition) is 3. The third-order valence-electron chi connectivity index (χ3n) is 5.84. The highest BCUT2D eigenvalue weighted by atomic mass is 32.2. The van der Waals surface area contributed by atoms with Crippen LogP contribution in [0.25, 0.3) is 0 Å². The number of amides is 2. The molecule has 192 valence electrons. The molecular formula is C29H25FN4O3S. The standard InChI is InChI=1S/C29H25FN4O3S/c1-18-26(28(36)34-23-13-6-7-14-24(23)37-2)27(19-9-4-3-5-10-19)22(16-31)29(32-18)38-17-25(35)33-21-12-8-11-20(30)15-21/h3-15,27,32H,17H2,1-2H3,(H,33,35)(H,34,36)/t27-/m1/s1. The Morgan fingerprint density at radius 3 is 2.50 bits per heavy atom. The van der Waals surface area contributed by atoms with E-state index in [0.717, 1.165) is 17.3 Å². The van der Waals surface area contributed by atoms with Gasteiger partial charge in [0, 0.05) is 17.0 Å². The van der Waals surface area contributed by atoms with Crippen LogP contribution in [0.5, 0.6) is 5.75 Å². The molecule has 7 nitrogen and oxygen atoms in total. The summed E-state index contributed by atoms with van der Waals surface area (Å²) in [6, 6.07) is 24.2. The van der Waals surface area contributed by atoms with E-state index in [-0.39, 0.29) is 17.6 Å². The Balaban J connectivity index is 1.62. The van der Waals surface area contributed by atoms with Crippen LogP contribution in [0.1, 0.15) is 18.4 Å². The molecule has 4 rings (SSSR count). The quantitative estimate of drug-likeness (QED) is 0.355. The topological polar surface area (TPSA) is 103 Å². The molecule has 0 fully saturated rings. The summed E-state index contributed by atoms with van der Waals surface area (Å²) in [6.45, 7) is 1.76. The molecule has 0 spiro atoms. The van der Waals surface area contributed by atoms with Crippen LogP contribution in [0.4, 0.5) is 15.8 Å². The Kier molecular flexibility index (Phi) is 8.46. The molecule has 0 saturated carbocycles. The van der Waals surface area contributed by atoms with Crippen LogP contribution >= 0.6 is 11.8 Å². The maximum atomic E-state index is 13.6. The van der Waals surface area contributed by atoms with Crippen molar-refractivity contribution in [2.45, 2.75) is 12.8 Å². The molecule has 3 N–H and O–H groups in total. The van der Waals surface area contributed by atoms with Gasteiger partial charge in [-0.25, -0.2) is 4.39 Å². The molecule has 38 heavy (non-hydrogen) atoms. The Bertz CT molecular complexity index is 1460. The fourth-order valence-corrected chi connectivity index (χ4v) is 5.04. The lowest BCUT2D eigenvalue weighted by molar-refractivity contribution is -0.114. The van der Waals surface area contributed by atoms with Crippen LogP contribution < -0.4 is 20.7 Å². The number of ether oxygens (including phenoxy) is 1. The Morgan fingerprint density at radius 1 is 1.05 bits per heavy atom. The second-order valence-electron chi connectivity index (χ2n) is 8.36. The van der Waals surface area contributed by atoms with E-state index in [0.29, 0.717) is 39.0 Å². The lowest BCUT2D eigenvalue weighted by atomic mass is 9.82. The fourth-order valence-electron chi connectivity index (χ4n) is 4.14. The highest BCUT2D eigenvalue weighted by molar-refractivity contribution is 8.03. The van der Waals surface area contributed by atoms with Gasteiger partial charge in [0.2, 0.25) is 5.91 Å². The van der Waals surface area contributed by atoms with E-state index in [1.165, 1.54) is 25.3 Å². The van der Waals surface area contributed by atoms with Crippen LogP contribution in [0.15, 0.2) is 101 Å². The van der Waals surface area contributed by atoms with Crippen molar-refractivity contribution < 1.29 is 18.7 Å². The molecule has 0 aromatic heterocycles. The minimum Gasteiger partial charge on any atom is -0.495 e. The zero-order valence-electron chi connectivity index (χ0n) is 20.7. The van der Waals surface area contributed by atoms with E-state index in [4.69, 9.17) is 4.74 Å². The predicted octanol–water partition coefficient (Wildman–Crippen LogP) is 5.54. The number of anilines is 2. The Labute approximate surface area is 224 Å². The van der Waals surface area contributed by atoms with E-state index in [1.807, 2.05) is 30.3 Å². The minimum absolute atomic E-state index is 0.0262. The Hall–Kier alpha value is -4.55. The molecule has 2 amide bonds. The van der Waals surface area contributed by atoms with Crippen molar-refractivity contribution >= 4 is 35.0 Å². The molecule has 1 aliphatic heterocycles. The first-order valence-corrected chi connectivity index (χ1v) is 12.7. The summed E-state index contributed by atoms with van der Waals surface area (Å²) in [5.74, 6) is -1.37. The molecular weight excluding hydrogens is 503 g/mol. The summed E-state index contributed by atoms with van der Waals surface area (Å²) < 4.78 is 18.8. The number of carbonyl (C=O) groups excluding carboxylic acids is 2. The highest BCUT2D eigenvalue weighted by Crippen LogP contribution is 2.41. The van der Waals surface area contributed by atoms with Crippen LogP contribution in [-0.4, -0.2) is 24.7 Å². The number of nitrogens with zero attached hydrogens (tertiary/aromatic N) is 1. The number of halogens is 1. The highest BCUT2D eigenvalue weighted by Gasteiger charge is 2.35. The van der Waals surface area contributed by atoms with E-state index in [9.17, 15) is 19.2 Å². The summed E-state index contributed by atoms with van der Waals surface area (Å²) >= 11 is 1.14. The number of rotatable bonds is 8. The second kappa shape index (κ2) is 12.1. The van der Waals surface area contributed by atoms with Crippen molar-refractivity contribution in [2.75, 3.05) is 23.5 Å². The predicted molar refractivity (Wildman–Crippen MR) is 147 cm³/mol. The van der Waals surface area contributed by atoms with Crippen molar-refractivity contribution in [1.29, 1.82) is 5.26 Å². The number of dihydropyridines is 1. The normalized spacial score (nSPS) is 14.8. The summed E-state index contributed by atoms with van der Waals surface area (Å²) in [5, 5.41) is 19.4. The summed E-state index contributed by atoms with van der Waals surface area (Å²) in [6.07, 6.45) is 0. The molecule has 1 atom stereocenters. The molecule has 3 aromatic carbocycles. The first-order valence-electron chi connectivity index (χ1n) is 11.7. The zero-order chi connectivity index (χ0) is 27.1. The SMILES string of the molecule is COc1ccccc1NC(=O)C1=C(C)NC(SCC(=O)Nc2cccc(F)c2)=C(C#N)[C@H]1c1ccccc1. The van der Waals surface area contributed by atoms with E-state index in [1.54, 1.807) is 37.3 Å². The number of nitriles is 1. The first-order chi connectivity index (χ1) is 18.4. The third-order valence-corrected chi connectivity index (χ3v) is 6.85. The van der Waals surface area contributed by atoms with Gasteiger partial charge in [-0.15, -0.1) is 0 Å². The number of allylic oxidation sites excluding steroid dienone is 2. The molecule has 0 bridgehead atoms. The number of thioether (sulfide) groups is 1. The number of nitrogens with one attached hydrogen (secondary N) is 3. The van der Waals surface area contributed by atoms with Gasteiger partial charge in [0.05, 0.1) is 41.1 Å². The molecule has 0 aliphatic carbocycles. The van der Waals surface area contributed by atoms with Crippen LogP contribution in [0.3, 0.4) is 0 Å². The largest absolute Gasteiger partial charge is 0.495 e. The summed E-state index contributed by atoms with van der Waals surface area (Å²) in [5.41, 5.74) is 2.86. The zero-order valence-corrected chi connectivity index (χ0v) is 21.6.